The number of hydrogen-bond acceptors (Lipinski definition) is 3. The van der Waals surface area contributed by atoms with Gasteiger partial charge in [-0.1, -0.05) is 57.1 Å². The number of aryl methyl sites for hydroxylation is 1. The average molecular weight is 326 g/mol. The van der Waals surface area contributed by atoms with Gasteiger partial charge in [-0.15, -0.1) is 0 Å². The predicted molar refractivity (Wildman–Crippen MR) is 94.2 cm³/mol. The van der Waals surface area contributed by atoms with E-state index in [2.05, 4.69) is 42.5 Å². The lowest BCUT2D eigenvalue weighted by Gasteiger charge is -2.37. The predicted octanol–water partition coefficient (Wildman–Crippen LogP) is 4.65. The van der Waals surface area contributed by atoms with Crippen molar-refractivity contribution in [2.24, 2.45) is 0 Å². The monoisotopic (exact) mass is 326 g/mol. The Kier molecular flexibility index (Phi) is 4.24. The highest BCUT2D eigenvalue weighted by atomic mass is 16.5. The van der Waals surface area contributed by atoms with Gasteiger partial charge in [-0.3, -0.25) is 4.79 Å². The molecular weight excluding hydrogens is 300 g/mol. The number of benzene rings is 1. The molecule has 0 bridgehead atoms. The van der Waals surface area contributed by atoms with E-state index in [-0.39, 0.29) is 23.3 Å². The zero-order valence-electron chi connectivity index (χ0n) is 15.1. The molecule has 1 N–H and O–H groups in total. The molecule has 0 aliphatic heterocycles. The minimum atomic E-state index is -0.0861. The molecule has 24 heavy (non-hydrogen) atoms. The minimum Gasteiger partial charge on any atom is -0.360 e. The van der Waals surface area contributed by atoms with Crippen molar-refractivity contribution in [1.82, 2.24) is 10.5 Å². The van der Waals surface area contributed by atoms with Gasteiger partial charge in [0, 0.05) is 5.92 Å². The Morgan fingerprint density at radius 1 is 1.33 bits per heavy atom. The second-order valence-corrected chi connectivity index (χ2v) is 7.70. The number of amides is 1. The fourth-order valence-corrected chi connectivity index (χ4v) is 3.65. The second kappa shape index (κ2) is 6.08. The average Bonchev–Trinajstić information content (AvgIpc) is 2.92. The van der Waals surface area contributed by atoms with Crippen molar-refractivity contribution < 1.29 is 9.32 Å². The normalized spacial score (nSPS) is 19.2. The summed E-state index contributed by atoms with van der Waals surface area (Å²) in [6.07, 6.45) is 1.99. The molecule has 128 valence electrons. The third-order valence-electron chi connectivity index (χ3n) is 5.07. The van der Waals surface area contributed by atoms with Crippen LogP contribution in [0.4, 0.5) is 0 Å². The number of nitrogens with one attached hydrogen (secondary N) is 1. The summed E-state index contributed by atoms with van der Waals surface area (Å²) in [6, 6.07) is 8.47. The van der Waals surface area contributed by atoms with Gasteiger partial charge >= 0.3 is 0 Å². The summed E-state index contributed by atoms with van der Waals surface area (Å²) in [5, 5.41) is 7.20. The topological polar surface area (TPSA) is 55.1 Å². The molecule has 0 spiro atoms. The second-order valence-electron chi connectivity index (χ2n) is 7.70. The Bertz CT molecular complexity index is 759. The third-order valence-corrected chi connectivity index (χ3v) is 5.07. The van der Waals surface area contributed by atoms with Crippen molar-refractivity contribution in [3.63, 3.8) is 0 Å². The molecule has 0 saturated heterocycles. The largest absolute Gasteiger partial charge is 0.360 e. The number of nitrogens with zero attached hydrogens (tertiary/aromatic N) is 1. The standard InChI is InChI=1S/C20H26N2O2/c1-12(2)18-17(13(3)22-24-18)19(23)21-16-10-11-20(4,5)15-9-7-6-8-14(15)16/h6-9,12,16H,10-11H2,1-5H3,(H,21,23)/t16-/m1/s1. The highest BCUT2D eigenvalue weighted by Crippen LogP contribution is 2.41. The summed E-state index contributed by atoms with van der Waals surface area (Å²) < 4.78 is 5.36. The van der Waals surface area contributed by atoms with E-state index >= 15 is 0 Å². The molecule has 1 amide bonds. The molecule has 0 fully saturated rings. The number of hydrogen-bond donors (Lipinski definition) is 1. The van der Waals surface area contributed by atoms with Crippen molar-refractivity contribution in [2.45, 2.75) is 64.8 Å². The lowest BCUT2D eigenvalue weighted by Crippen LogP contribution is -2.36. The Balaban J connectivity index is 1.90. The van der Waals surface area contributed by atoms with Gasteiger partial charge in [0.15, 0.2) is 5.76 Å². The van der Waals surface area contributed by atoms with Crippen LogP contribution in [0, 0.1) is 6.92 Å². The maximum Gasteiger partial charge on any atom is 0.257 e. The first-order valence-electron chi connectivity index (χ1n) is 8.67. The Morgan fingerprint density at radius 2 is 2.04 bits per heavy atom. The van der Waals surface area contributed by atoms with Crippen LogP contribution < -0.4 is 5.32 Å². The highest BCUT2D eigenvalue weighted by Gasteiger charge is 2.34. The van der Waals surface area contributed by atoms with Crippen molar-refractivity contribution in [3.8, 4) is 0 Å². The van der Waals surface area contributed by atoms with Crippen LogP contribution in [-0.4, -0.2) is 11.1 Å². The molecule has 1 heterocycles. The smallest absolute Gasteiger partial charge is 0.257 e. The lowest BCUT2D eigenvalue weighted by molar-refractivity contribution is 0.0926. The molecule has 4 heteroatoms. The maximum atomic E-state index is 12.9. The number of rotatable bonds is 3. The van der Waals surface area contributed by atoms with Crippen LogP contribution >= 0.6 is 0 Å². The van der Waals surface area contributed by atoms with E-state index in [0.717, 1.165) is 12.8 Å². The van der Waals surface area contributed by atoms with Gasteiger partial charge in [-0.2, -0.15) is 0 Å². The molecule has 1 aromatic heterocycles. The third kappa shape index (κ3) is 2.85. The molecule has 4 nitrogen and oxygen atoms in total. The number of fused-ring (bicyclic) bond motifs is 1. The summed E-state index contributed by atoms with van der Waals surface area (Å²) in [5.41, 5.74) is 3.94. The molecule has 2 aromatic rings. The van der Waals surface area contributed by atoms with Gasteiger partial charge in [0.2, 0.25) is 0 Å². The Morgan fingerprint density at radius 3 is 2.75 bits per heavy atom. The van der Waals surface area contributed by atoms with Gasteiger partial charge in [-0.05, 0) is 36.3 Å². The lowest BCUT2D eigenvalue weighted by atomic mass is 9.71. The van der Waals surface area contributed by atoms with Gasteiger partial charge in [0.05, 0.1) is 11.7 Å². The first-order chi connectivity index (χ1) is 11.3. The van der Waals surface area contributed by atoms with E-state index in [1.807, 2.05) is 26.8 Å². The molecule has 1 aliphatic carbocycles. The van der Waals surface area contributed by atoms with Crippen molar-refractivity contribution >= 4 is 5.91 Å². The van der Waals surface area contributed by atoms with Crippen LogP contribution in [0.1, 0.15) is 85.4 Å². The SMILES string of the molecule is Cc1noc(C(C)C)c1C(=O)N[C@@H]1CCC(C)(C)c2ccccc21. The minimum absolute atomic E-state index is 0.0380. The fraction of sp³-hybridized carbons (Fsp3) is 0.500. The van der Waals surface area contributed by atoms with E-state index in [1.54, 1.807) is 0 Å². The summed E-state index contributed by atoms with van der Waals surface area (Å²) in [6.45, 7) is 10.4. The zero-order valence-corrected chi connectivity index (χ0v) is 15.1. The molecule has 1 atom stereocenters. The van der Waals surface area contributed by atoms with Crippen LogP contribution in [0.3, 0.4) is 0 Å². The van der Waals surface area contributed by atoms with E-state index in [0.29, 0.717) is 17.0 Å². The van der Waals surface area contributed by atoms with Gasteiger partial charge in [0.25, 0.3) is 5.91 Å². The molecule has 0 saturated carbocycles. The first kappa shape index (κ1) is 16.7. The van der Waals surface area contributed by atoms with E-state index in [4.69, 9.17) is 4.52 Å². The number of carbonyl (C=O) groups is 1. The van der Waals surface area contributed by atoms with Gasteiger partial charge in [-0.25, -0.2) is 0 Å². The molecule has 1 aromatic carbocycles. The fourth-order valence-electron chi connectivity index (χ4n) is 3.65. The van der Waals surface area contributed by atoms with Crippen molar-refractivity contribution in [2.75, 3.05) is 0 Å². The Labute approximate surface area is 143 Å². The van der Waals surface area contributed by atoms with Crippen LogP contribution in [0.15, 0.2) is 28.8 Å². The van der Waals surface area contributed by atoms with Crippen LogP contribution in [-0.2, 0) is 5.41 Å². The maximum absolute atomic E-state index is 12.9. The van der Waals surface area contributed by atoms with Crippen LogP contribution in [0.25, 0.3) is 0 Å². The Hall–Kier alpha value is -2.10. The van der Waals surface area contributed by atoms with Crippen molar-refractivity contribution in [3.05, 3.63) is 52.4 Å². The molecule has 0 unspecified atom stereocenters. The summed E-state index contributed by atoms with van der Waals surface area (Å²) >= 11 is 0. The summed E-state index contributed by atoms with van der Waals surface area (Å²) in [7, 11) is 0. The van der Waals surface area contributed by atoms with E-state index < -0.39 is 0 Å². The summed E-state index contributed by atoms with van der Waals surface area (Å²) in [5.74, 6) is 0.705. The number of aromatic nitrogens is 1. The van der Waals surface area contributed by atoms with Gasteiger partial charge in [0.1, 0.15) is 5.56 Å². The molecule has 0 radical (unpaired) electrons. The number of carbonyl (C=O) groups excluding carboxylic acids is 1. The first-order valence-corrected chi connectivity index (χ1v) is 8.67. The molecular formula is C20H26N2O2. The molecule has 3 rings (SSSR count). The van der Waals surface area contributed by atoms with Crippen LogP contribution in [0.5, 0.6) is 0 Å². The quantitative estimate of drug-likeness (QED) is 0.893. The zero-order chi connectivity index (χ0) is 17.5. The van der Waals surface area contributed by atoms with Crippen LogP contribution in [0.2, 0.25) is 0 Å². The van der Waals surface area contributed by atoms with Gasteiger partial charge < -0.3 is 9.84 Å². The van der Waals surface area contributed by atoms with Crippen molar-refractivity contribution in [1.29, 1.82) is 0 Å². The van der Waals surface area contributed by atoms with E-state index in [9.17, 15) is 4.79 Å². The summed E-state index contributed by atoms with van der Waals surface area (Å²) in [4.78, 5) is 12.9. The molecule has 1 aliphatic rings. The highest BCUT2D eigenvalue weighted by molar-refractivity contribution is 5.96. The van der Waals surface area contributed by atoms with E-state index in [1.165, 1.54) is 11.1 Å².